The van der Waals surface area contributed by atoms with Gasteiger partial charge in [0.05, 0.1) is 10.0 Å². The standard InChI is InChI=1S/C19H19Cl2NO2/c20-16-7-6-14(12-17(16)21)18(23)22-13-19(8-10-24-11-9-19)15-4-2-1-3-5-15/h1-7,12H,8-11,13H2,(H,22,23). The number of ether oxygens (including phenoxy) is 1. The number of halogens is 2. The summed E-state index contributed by atoms with van der Waals surface area (Å²) in [4.78, 5) is 12.5. The summed E-state index contributed by atoms with van der Waals surface area (Å²) >= 11 is 11.9. The van der Waals surface area contributed by atoms with Crippen LogP contribution in [-0.4, -0.2) is 25.7 Å². The van der Waals surface area contributed by atoms with Crippen molar-refractivity contribution in [3.8, 4) is 0 Å². The topological polar surface area (TPSA) is 38.3 Å². The van der Waals surface area contributed by atoms with E-state index in [9.17, 15) is 4.79 Å². The van der Waals surface area contributed by atoms with Gasteiger partial charge in [-0.1, -0.05) is 53.5 Å². The van der Waals surface area contributed by atoms with Gasteiger partial charge in [0.15, 0.2) is 0 Å². The molecule has 1 N–H and O–H groups in total. The molecule has 1 heterocycles. The van der Waals surface area contributed by atoms with Crippen LogP contribution in [0.15, 0.2) is 48.5 Å². The quantitative estimate of drug-likeness (QED) is 0.869. The SMILES string of the molecule is O=C(NCC1(c2ccccc2)CCOCC1)c1ccc(Cl)c(Cl)c1. The van der Waals surface area contributed by atoms with Gasteiger partial charge >= 0.3 is 0 Å². The Morgan fingerprint density at radius 3 is 2.42 bits per heavy atom. The number of rotatable bonds is 4. The molecule has 3 rings (SSSR count). The Labute approximate surface area is 151 Å². The summed E-state index contributed by atoms with van der Waals surface area (Å²) in [6, 6.07) is 15.2. The predicted octanol–water partition coefficient (Wildman–Crippen LogP) is 4.47. The fraction of sp³-hybridized carbons (Fsp3) is 0.316. The third kappa shape index (κ3) is 3.75. The van der Waals surface area contributed by atoms with E-state index in [-0.39, 0.29) is 11.3 Å². The van der Waals surface area contributed by atoms with Crippen LogP contribution < -0.4 is 5.32 Å². The number of carbonyl (C=O) groups is 1. The van der Waals surface area contributed by atoms with Crippen LogP contribution in [0.5, 0.6) is 0 Å². The molecule has 0 unspecified atom stereocenters. The summed E-state index contributed by atoms with van der Waals surface area (Å²) in [7, 11) is 0. The molecular formula is C19H19Cl2NO2. The Morgan fingerprint density at radius 2 is 1.75 bits per heavy atom. The highest BCUT2D eigenvalue weighted by Crippen LogP contribution is 2.34. The van der Waals surface area contributed by atoms with Crippen LogP contribution in [0, 0.1) is 0 Å². The maximum absolute atomic E-state index is 12.5. The fourth-order valence-corrected chi connectivity index (χ4v) is 3.41. The molecule has 5 heteroatoms. The predicted molar refractivity (Wildman–Crippen MR) is 97.0 cm³/mol. The van der Waals surface area contributed by atoms with E-state index in [0.717, 1.165) is 12.8 Å². The highest BCUT2D eigenvalue weighted by molar-refractivity contribution is 6.42. The molecule has 0 radical (unpaired) electrons. The molecule has 0 bridgehead atoms. The zero-order valence-corrected chi connectivity index (χ0v) is 14.7. The lowest BCUT2D eigenvalue weighted by molar-refractivity contribution is 0.0487. The van der Waals surface area contributed by atoms with Crippen molar-refractivity contribution in [2.75, 3.05) is 19.8 Å². The van der Waals surface area contributed by atoms with E-state index < -0.39 is 0 Å². The average molecular weight is 364 g/mol. The van der Waals surface area contributed by atoms with E-state index in [0.29, 0.717) is 35.4 Å². The van der Waals surface area contributed by atoms with Crippen LogP contribution in [0.4, 0.5) is 0 Å². The Morgan fingerprint density at radius 1 is 1.04 bits per heavy atom. The van der Waals surface area contributed by atoms with Gasteiger partial charge in [-0.25, -0.2) is 0 Å². The fourth-order valence-electron chi connectivity index (χ4n) is 3.11. The summed E-state index contributed by atoms with van der Waals surface area (Å²) in [6.07, 6.45) is 1.78. The molecule has 3 nitrogen and oxygen atoms in total. The Bertz CT molecular complexity index is 713. The summed E-state index contributed by atoms with van der Waals surface area (Å²) in [5, 5.41) is 3.88. The highest BCUT2D eigenvalue weighted by Gasteiger charge is 2.34. The number of benzene rings is 2. The van der Waals surface area contributed by atoms with Crippen molar-refractivity contribution in [3.63, 3.8) is 0 Å². The maximum Gasteiger partial charge on any atom is 0.251 e. The number of hydrogen-bond acceptors (Lipinski definition) is 2. The van der Waals surface area contributed by atoms with Crippen molar-refractivity contribution >= 4 is 29.1 Å². The molecule has 0 saturated carbocycles. The molecule has 1 aliphatic rings. The van der Waals surface area contributed by atoms with Gasteiger partial charge in [0.25, 0.3) is 5.91 Å². The zero-order chi connectivity index (χ0) is 17.0. The molecule has 1 fully saturated rings. The van der Waals surface area contributed by atoms with Crippen LogP contribution in [0.1, 0.15) is 28.8 Å². The Kier molecular flexibility index (Phi) is 5.44. The first-order chi connectivity index (χ1) is 11.6. The molecular weight excluding hydrogens is 345 g/mol. The molecule has 2 aromatic carbocycles. The highest BCUT2D eigenvalue weighted by atomic mass is 35.5. The Hall–Kier alpha value is -1.55. The molecule has 0 aromatic heterocycles. The van der Waals surface area contributed by atoms with Gasteiger partial charge in [0, 0.05) is 30.7 Å². The molecule has 24 heavy (non-hydrogen) atoms. The van der Waals surface area contributed by atoms with E-state index in [2.05, 4.69) is 17.4 Å². The smallest absolute Gasteiger partial charge is 0.251 e. The second-order valence-corrected chi connectivity index (χ2v) is 6.88. The van der Waals surface area contributed by atoms with Crippen LogP contribution >= 0.6 is 23.2 Å². The first-order valence-corrected chi connectivity index (χ1v) is 8.73. The first kappa shape index (κ1) is 17.3. The molecule has 2 aromatic rings. The minimum atomic E-state index is -0.143. The molecule has 1 amide bonds. The molecule has 1 saturated heterocycles. The van der Waals surface area contributed by atoms with E-state index in [4.69, 9.17) is 27.9 Å². The van der Waals surface area contributed by atoms with Gasteiger partial charge in [-0.15, -0.1) is 0 Å². The van der Waals surface area contributed by atoms with Crippen molar-refractivity contribution in [1.29, 1.82) is 0 Å². The molecule has 126 valence electrons. The van der Waals surface area contributed by atoms with Crippen LogP contribution in [-0.2, 0) is 10.2 Å². The first-order valence-electron chi connectivity index (χ1n) is 7.97. The molecule has 0 spiro atoms. The summed E-state index contributed by atoms with van der Waals surface area (Å²) < 4.78 is 5.52. The van der Waals surface area contributed by atoms with Gasteiger partial charge in [0.2, 0.25) is 0 Å². The third-order valence-electron chi connectivity index (χ3n) is 4.61. The van der Waals surface area contributed by atoms with Crippen molar-refractivity contribution < 1.29 is 9.53 Å². The molecule has 1 aliphatic heterocycles. The second kappa shape index (κ2) is 7.56. The van der Waals surface area contributed by atoms with E-state index >= 15 is 0 Å². The molecule has 0 atom stereocenters. The van der Waals surface area contributed by atoms with Gasteiger partial charge in [-0.2, -0.15) is 0 Å². The summed E-state index contributed by atoms with van der Waals surface area (Å²) in [5.41, 5.74) is 1.66. The normalized spacial score (nSPS) is 16.6. The van der Waals surface area contributed by atoms with Gasteiger partial charge in [-0.05, 0) is 36.6 Å². The second-order valence-electron chi connectivity index (χ2n) is 6.07. The van der Waals surface area contributed by atoms with Gasteiger partial charge < -0.3 is 10.1 Å². The van der Waals surface area contributed by atoms with Crippen molar-refractivity contribution in [1.82, 2.24) is 5.32 Å². The van der Waals surface area contributed by atoms with E-state index in [1.807, 2.05) is 18.2 Å². The lowest BCUT2D eigenvalue weighted by Gasteiger charge is -2.38. The average Bonchev–Trinajstić information content (AvgIpc) is 2.63. The minimum absolute atomic E-state index is 0.0919. The number of carbonyl (C=O) groups excluding carboxylic acids is 1. The lowest BCUT2D eigenvalue weighted by Crippen LogP contribution is -2.44. The van der Waals surface area contributed by atoms with Crippen LogP contribution in [0.2, 0.25) is 10.0 Å². The summed E-state index contributed by atoms with van der Waals surface area (Å²) in [5.74, 6) is -0.143. The van der Waals surface area contributed by atoms with Gasteiger partial charge in [0.1, 0.15) is 0 Å². The van der Waals surface area contributed by atoms with Crippen LogP contribution in [0.3, 0.4) is 0 Å². The molecule has 0 aliphatic carbocycles. The van der Waals surface area contributed by atoms with Crippen molar-refractivity contribution in [2.24, 2.45) is 0 Å². The van der Waals surface area contributed by atoms with Crippen molar-refractivity contribution in [2.45, 2.75) is 18.3 Å². The van der Waals surface area contributed by atoms with Gasteiger partial charge in [-0.3, -0.25) is 4.79 Å². The summed E-state index contributed by atoms with van der Waals surface area (Å²) in [6.45, 7) is 1.98. The zero-order valence-electron chi connectivity index (χ0n) is 13.2. The van der Waals surface area contributed by atoms with E-state index in [1.54, 1.807) is 18.2 Å². The lowest BCUT2D eigenvalue weighted by atomic mass is 9.74. The van der Waals surface area contributed by atoms with E-state index in [1.165, 1.54) is 5.56 Å². The maximum atomic E-state index is 12.5. The number of amides is 1. The Balaban J connectivity index is 1.76. The largest absolute Gasteiger partial charge is 0.381 e. The monoisotopic (exact) mass is 363 g/mol. The third-order valence-corrected chi connectivity index (χ3v) is 5.34. The minimum Gasteiger partial charge on any atom is -0.381 e. The number of hydrogen-bond donors (Lipinski definition) is 1. The van der Waals surface area contributed by atoms with Crippen molar-refractivity contribution in [3.05, 3.63) is 69.7 Å². The number of nitrogens with one attached hydrogen (secondary N) is 1. The van der Waals surface area contributed by atoms with Crippen LogP contribution in [0.25, 0.3) is 0 Å².